The molecule has 0 atom stereocenters. The van der Waals surface area contributed by atoms with Gasteiger partial charge in [-0.15, -0.1) is 0 Å². The molecule has 0 spiro atoms. The molecule has 98 valence electrons. The molecule has 0 bridgehead atoms. The highest BCUT2D eigenvalue weighted by Crippen LogP contribution is 2.22. The van der Waals surface area contributed by atoms with Gasteiger partial charge in [0.1, 0.15) is 12.0 Å². The zero-order valence-electron chi connectivity index (χ0n) is 11.4. The summed E-state index contributed by atoms with van der Waals surface area (Å²) in [6.45, 7) is 8.03. The normalized spacial score (nSPS) is 11.2. The van der Waals surface area contributed by atoms with E-state index >= 15 is 0 Å². The first-order chi connectivity index (χ1) is 8.56. The Morgan fingerprint density at radius 2 is 1.89 bits per heavy atom. The average Bonchev–Trinajstić information content (AvgIpc) is 2.35. The first kappa shape index (κ1) is 14.3. The molecular weight excluding hydrogens is 228 g/mol. The second kappa shape index (κ2) is 6.84. The molecule has 0 amide bonds. The van der Waals surface area contributed by atoms with Crippen LogP contribution in [-0.2, 0) is 9.53 Å². The summed E-state index contributed by atoms with van der Waals surface area (Å²) in [6.07, 6.45) is 2.27. The fourth-order valence-corrected chi connectivity index (χ4v) is 1.49. The summed E-state index contributed by atoms with van der Waals surface area (Å²) in [6, 6.07) is 5.92. The lowest BCUT2D eigenvalue weighted by Crippen LogP contribution is -2.07. The van der Waals surface area contributed by atoms with Crippen molar-refractivity contribution in [2.24, 2.45) is 0 Å². The van der Waals surface area contributed by atoms with Gasteiger partial charge in [0.2, 0.25) is 0 Å². The topological polar surface area (TPSA) is 35.5 Å². The summed E-state index contributed by atoms with van der Waals surface area (Å²) in [5, 5.41) is 0. The molecular formula is C15H20O3. The quantitative estimate of drug-likeness (QED) is 0.454. The first-order valence-electron chi connectivity index (χ1n) is 6.13. The van der Waals surface area contributed by atoms with Crippen LogP contribution in [0.4, 0.5) is 0 Å². The fraction of sp³-hybridized carbons (Fsp3) is 0.400. The lowest BCUT2D eigenvalue weighted by Gasteiger charge is -2.09. The van der Waals surface area contributed by atoms with Crippen LogP contribution in [0, 0.1) is 13.8 Å². The molecule has 0 heterocycles. The standard InChI is InChI=1S/C15H20O3/c1-5-9-17-15(16)13(4)10-18-14-11(2)7-6-8-12(14)3/h6-8,10H,5,9H2,1-4H3. The van der Waals surface area contributed by atoms with Crippen LogP contribution in [0.25, 0.3) is 0 Å². The zero-order valence-corrected chi connectivity index (χ0v) is 11.4. The summed E-state index contributed by atoms with van der Waals surface area (Å²) in [5.74, 6) is 0.461. The maximum Gasteiger partial charge on any atom is 0.336 e. The van der Waals surface area contributed by atoms with Gasteiger partial charge in [0.25, 0.3) is 0 Å². The Labute approximate surface area is 108 Å². The van der Waals surface area contributed by atoms with Gasteiger partial charge in [0.05, 0.1) is 12.2 Å². The largest absolute Gasteiger partial charge is 0.464 e. The summed E-state index contributed by atoms with van der Waals surface area (Å²) in [5.41, 5.74) is 2.55. The number of aryl methyl sites for hydroxylation is 2. The van der Waals surface area contributed by atoms with Crippen molar-refractivity contribution < 1.29 is 14.3 Å². The van der Waals surface area contributed by atoms with E-state index < -0.39 is 0 Å². The second-order valence-electron chi connectivity index (χ2n) is 4.28. The predicted octanol–water partition coefficient (Wildman–Crippen LogP) is 3.54. The minimum absolute atomic E-state index is 0.330. The Morgan fingerprint density at radius 3 is 2.44 bits per heavy atom. The lowest BCUT2D eigenvalue weighted by atomic mass is 10.1. The molecule has 0 saturated carbocycles. The molecule has 0 fully saturated rings. The number of carbonyl (C=O) groups is 1. The van der Waals surface area contributed by atoms with E-state index in [0.717, 1.165) is 23.3 Å². The van der Waals surface area contributed by atoms with E-state index in [4.69, 9.17) is 9.47 Å². The number of rotatable bonds is 5. The third kappa shape index (κ3) is 3.91. The number of para-hydroxylation sites is 1. The van der Waals surface area contributed by atoms with Crippen molar-refractivity contribution in [1.82, 2.24) is 0 Å². The van der Waals surface area contributed by atoms with Crippen LogP contribution in [0.2, 0.25) is 0 Å². The number of esters is 1. The number of carbonyl (C=O) groups excluding carboxylic acids is 1. The van der Waals surface area contributed by atoms with E-state index in [1.165, 1.54) is 6.26 Å². The van der Waals surface area contributed by atoms with E-state index in [9.17, 15) is 4.79 Å². The van der Waals surface area contributed by atoms with Crippen molar-refractivity contribution in [2.45, 2.75) is 34.1 Å². The molecule has 0 saturated heterocycles. The average molecular weight is 248 g/mol. The van der Waals surface area contributed by atoms with Gasteiger partial charge >= 0.3 is 5.97 Å². The fourth-order valence-electron chi connectivity index (χ4n) is 1.49. The Balaban J connectivity index is 2.71. The number of ether oxygens (including phenoxy) is 2. The van der Waals surface area contributed by atoms with Crippen molar-refractivity contribution in [3.05, 3.63) is 41.2 Å². The lowest BCUT2D eigenvalue weighted by molar-refractivity contribution is -0.139. The Bertz CT molecular complexity index is 427. The van der Waals surface area contributed by atoms with Gasteiger partial charge in [-0.05, 0) is 38.3 Å². The smallest absolute Gasteiger partial charge is 0.336 e. The molecule has 0 aromatic heterocycles. The van der Waals surface area contributed by atoms with Crippen molar-refractivity contribution in [1.29, 1.82) is 0 Å². The molecule has 0 aliphatic heterocycles. The molecule has 3 heteroatoms. The van der Waals surface area contributed by atoms with Gasteiger partial charge in [-0.2, -0.15) is 0 Å². The van der Waals surface area contributed by atoms with E-state index in [-0.39, 0.29) is 5.97 Å². The van der Waals surface area contributed by atoms with Gasteiger partial charge in [-0.3, -0.25) is 0 Å². The van der Waals surface area contributed by atoms with Crippen LogP contribution in [-0.4, -0.2) is 12.6 Å². The Morgan fingerprint density at radius 1 is 1.28 bits per heavy atom. The van der Waals surface area contributed by atoms with Crippen LogP contribution < -0.4 is 4.74 Å². The highest BCUT2D eigenvalue weighted by atomic mass is 16.5. The predicted molar refractivity (Wildman–Crippen MR) is 71.6 cm³/mol. The summed E-state index contributed by atoms with van der Waals surface area (Å²) in [4.78, 5) is 11.5. The second-order valence-corrected chi connectivity index (χ2v) is 4.28. The van der Waals surface area contributed by atoms with Crippen molar-refractivity contribution >= 4 is 5.97 Å². The molecule has 0 radical (unpaired) electrons. The van der Waals surface area contributed by atoms with Crippen molar-refractivity contribution in [2.75, 3.05) is 6.61 Å². The van der Waals surface area contributed by atoms with Crippen LogP contribution in [0.3, 0.4) is 0 Å². The number of hydrogen-bond acceptors (Lipinski definition) is 3. The Kier molecular flexibility index (Phi) is 5.43. The molecule has 1 aromatic rings. The van der Waals surface area contributed by atoms with Crippen molar-refractivity contribution in [3.63, 3.8) is 0 Å². The van der Waals surface area contributed by atoms with Crippen LogP contribution in [0.5, 0.6) is 5.75 Å². The van der Waals surface area contributed by atoms with Crippen LogP contribution >= 0.6 is 0 Å². The molecule has 0 aliphatic rings. The summed E-state index contributed by atoms with van der Waals surface area (Å²) in [7, 11) is 0. The SMILES string of the molecule is CCCOC(=O)C(C)=COc1c(C)cccc1C. The molecule has 18 heavy (non-hydrogen) atoms. The van der Waals surface area contributed by atoms with Gasteiger partial charge in [0.15, 0.2) is 0 Å². The minimum atomic E-state index is -0.330. The number of benzene rings is 1. The van der Waals surface area contributed by atoms with Crippen LogP contribution in [0.15, 0.2) is 30.0 Å². The van der Waals surface area contributed by atoms with Gasteiger partial charge in [-0.1, -0.05) is 25.1 Å². The van der Waals surface area contributed by atoms with Crippen molar-refractivity contribution in [3.8, 4) is 5.75 Å². The molecule has 0 unspecified atom stereocenters. The van der Waals surface area contributed by atoms with E-state index in [1.54, 1.807) is 6.92 Å². The highest BCUT2D eigenvalue weighted by Gasteiger charge is 2.07. The van der Waals surface area contributed by atoms with E-state index in [1.807, 2.05) is 39.0 Å². The zero-order chi connectivity index (χ0) is 13.5. The highest BCUT2D eigenvalue weighted by molar-refractivity contribution is 5.87. The summed E-state index contributed by atoms with van der Waals surface area (Å²) >= 11 is 0. The maximum absolute atomic E-state index is 11.5. The van der Waals surface area contributed by atoms with Gasteiger partial charge < -0.3 is 9.47 Å². The molecule has 0 aliphatic carbocycles. The summed E-state index contributed by atoms with van der Waals surface area (Å²) < 4.78 is 10.6. The van der Waals surface area contributed by atoms with E-state index in [0.29, 0.717) is 12.2 Å². The number of hydrogen-bond donors (Lipinski definition) is 0. The molecule has 1 aromatic carbocycles. The van der Waals surface area contributed by atoms with Gasteiger partial charge in [0, 0.05) is 0 Å². The van der Waals surface area contributed by atoms with Crippen LogP contribution in [0.1, 0.15) is 31.4 Å². The molecule has 3 nitrogen and oxygen atoms in total. The molecule has 1 rings (SSSR count). The minimum Gasteiger partial charge on any atom is -0.464 e. The van der Waals surface area contributed by atoms with E-state index in [2.05, 4.69) is 0 Å². The maximum atomic E-state index is 11.5. The monoisotopic (exact) mass is 248 g/mol. The molecule has 0 N–H and O–H groups in total. The first-order valence-corrected chi connectivity index (χ1v) is 6.13. The third-order valence-corrected chi connectivity index (χ3v) is 2.52. The van der Waals surface area contributed by atoms with Gasteiger partial charge in [-0.25, -0.2) is 4.79 Å². The third-order valence-electron chi connectivity index (χ3n) is 2.52. The Hall–Kier alpha value is -1.77.